The monoisotopic (exact) mass is 112 g/mol. The van der Waals surface area contributed by atoms with Crippen molar-refractivity contribution >= 4 is 47.3 Å². The third kappa shape index (κ3) is 9.55. The molecule has 0 spiro atoms. The van der Waals surface area contributed by atoms with Gasteiger partial charge in [0, 0.05) is 0 Å². The van der Waals surface area contributed by atoms with Gasteiger partial charge < -0.3 is 8.33 Å². The molecule has 4 heteroatoms. The van der Waals surface area contributed by atoms with Crippen molar-refractivity contribution in [2.45, 2.75) is 0 Å². The molecule has 0 fully saturated rings. The molecule has 4 heavy (non-hydrogen) atoms. The fourth-order valence-electron chi connectivity index (χ4n) is 0. The second kappa shape index (κ2) is 23.5. The molecule has 2 N–H and O–H groups in total. The fourth-order valence-corrected chi connectivity index (χ4v) is 0. The van der Waals surface area contributed by atoms with Crippen molar-refractivity contribution in [1.82, 2.24) is 0 Å². The van der Waals surface area contributed by atoms with Gasteiger partial charge in [-0.1, -0.05) is 0 Å². The molecule has 0 aromatic carbocycles. The Hall–Kier alpha value is 1.58. The minimum atomic E-state index is 0. The van der Waals surface area contributed by atoms with E-state index in [1.165, 1.54) is 0 Å². The first kappa shape index (κ1) is 17.6. The van der Waals surface area contributed by atoms with E-state index in [0.717, 1.165) is 9.55 Å². The van der Waals surface area contributed by atoms with E-state index in [1.807, 2.05) is 0 Å². The van der Waals surface area contributed by atoms with Crippen LogP contribution in [0, 0.1) is 0 Å². The van der Waals surface area contributed by atoms with E-state index in [4.69, 9.17) is 0 Å². The summed E-state index contributed by atoms with van der Waals surface area (Å²) in [5, 5.41) is 0. The Morgan fingerprint density at radius 1 is 1.50 bits per heavy atom. The molecular formula is H6CaFOP. The molecule has 0 saturated heterocycles. The maximum absolute atomic E-state index is 9.42. The van der Waals surface area contributed by atoms with Crippen molar-refractivity contribution in [1.29, 1.82) is 0 Å². The second-order valence-corrected chi connectivity index (χ2v) is 0. The van der Waals surface area contributed by atoms with Gasteiger partial charge in [0.05, 0.1) is 9.55 Å². The van der Waals surface area contributed by atoms with E-state index in [2.05, 4.69) is 0 Å². The predicted molar refractivity (Wildman–Crippen MR) is 22.4 cm³/mol. The fraction of sp³-hybridized carbons (Fsp3) is 0. The summed E-state index contributed by atoms with van der Waals surface area (Å²) in [6.07, 6.45) is 0. The van der Waals surface area contributed by atoms with Gasteiger partial charge in [0.2, 0.25) is 0 Å². The number of rotatable bonds is 0. The summed E-state index contributed by atoms with van der Waals surface area (Å²) in [7, 11) is 0.917. The molecule has 0 amide bonds. The molecule has 1 unspecified atom stereocenters. The molecule has 26 valence electrons. The van der Waals surface area contributed by atoms with Crippen LogP contribution in [-0.2, 0) is 0 Å². The summed E-state index contributed by atoms with van der Waals surface area (Å²) in [5.41, 5.74) is 0. The summed E-state index contributed by atoms with van der Waals surface area (Å²) < 4.78 is 9.42. The minimum Gasteiger partial charge on any atom is -1.00 e. The average molecular weight is 112 g/mol. The second-order valence-electron chi connectivity index (χ2n) is 0. The SMILES string of the molecule is FP.O.[Ca+2].[H-].[H-]. The zero-order chi connectivity index (χ0) is 2.00. The standard InChI is InChI=1S/Ca.FH2P.H2O.2H/c;1-2;;;/h;2H2;1H2;;/q+2;;;2*-1. The summed E-state index contributed by atoms with van der Waals surface area (Å²) in [6.45, 7) is 0. The van der Waals surface area contributed by atoms with Gasteiger partial charge in [-0.05, 0) is 0 Å². The van der Waals surface area contributed by atoms with Crippen molar-refractivity contribution in [3.05, 3.63) is 0 Å². The average Bonchev–Trinajstić information content (AvgIpc) is 1.00. The Bertz CT molecular complexity index is 13.5. The van der Waals surface area contributed by atoms with E-state index in [-0.39, 0.29) is 46.1 Å². The van der Waals surface area contributed by atoms with Gasteiger partial charge in [0.25, 0.3) is 0 Å². The molecule has 0 aliphatic heterocycles. The first-order chi connectivity index (χ1) is 1.00. The van der Waals surface area contributed by atoms with Crippen LogP contribution >= 0.6 is 9.55 Å². The van der Waals surface area contributed by atoms with Crippen molar-refractivity contribution in [3.8, 4) is 0 Å². The van der Waals surface area contributed by atoms with E-state index < -0.39 is 0 Å². The minimum absolute atomic E-state index is 0. The van der Waals surface area contributed by atoms with Crippen molar-refractivity contribution in [3.63, 3.8) is 0 Å². The van der Waals surface area contributed by atoms with Crippen LogP contribution in [-0.4, -0.2) is 43.2 Å². The summed E-state index contributed by atoms with van der Waals surface area (Å²) in [5.74, 6) is 0. The molecule has 0 aromatic rings. The van der Waals surface area contributed by atoms with Crippen LogP contribution < -0.4 is 0 Å². The molecule has 0 saturated carbocycles. The third-order valence-corrected chi connectivity index (χ3v) is 0. The molecule has 0 bridgehead atoms. The van der Waals surface area contributed by atoms with Crippen LogP contribution in [0.5, 0.6) is 0 Å². The van der Waals surface area contributed by atoms with Crippen LogP contribution in [0.15, 0.2) is 0 Å². The Morgan fingerprint density at radius 3 is 1.50 bits per heavy atom. The smallest absolute Gasteiger partial charge is 1.00 e. The quantitative estimate of drug-likeness (QED) is 0.306. The van der Waals surface area contributed by atoms with Gasteiger partial charge >= 0.3 is 37.7 Å². The van der Waals surface area contributed by atoms with Gasteiger partial charge in [0.1, 0.15) is 0 Å². The molecule has 0 aromatic heterocycles. The van der Waals surface area contributed by atoms with E-state index in [9.17, 15) is 4.20 Å². The van der Waals surface area contributed by atoms with Crippen LogP contribution in [0.25, 0.3) is 0 Å². The van der Waals surface area contributed by atoms with Gasteiger partial charge in [-0.2, -0.15) is 0 Å². The van der Waals surface area contributed by atoms with Crippen LogP contribution in [0.3, 0.4) is 0 Å². The molecule has 0 heterocycles. The van der Waals surface area contributed by atoms with E-state index in [0.29, 0.717) is 0 Å². The zero-order valence-electron chi connectivity index (χ0n) is 4.16. The summed E-state index contributed by atoms with van der Waals surface area (Å²) >= 11 is 0. The van der Waals surface area contributed by atoms with Crippen molar-refractivity contribution in [2.24, 2.45) is 0 Å². The molecule has 1 atom stereocenters. The zero-order valence-corrected chi connectivity index (χ0v) is 5.53. The largest absolute Gasteiger partial charge is 2.00 e. The Balaban J connectivity index is -0.000000000833. The van der Waals surface area contributed by atoms with Gasteiger partial charge in [-0.25, -0.2) is 4.20 Å². The molecule has 0 aliphatic rings. The van der Waals surface area contributed by atoms with Crippen LogP contribution in [0.1, 0.15) is 2.85 Å². The molecule has 0 rings (SSSR count). The first-order valence-corrected chi connectivity index (χ1v) is 0.655. The van der Waals surface area contributed by atoms with E-state index >= 15 is 0 Å². The molecule has 0 aliphatic carbocycles. The van der Waals surface area contributed by atoms with Gasteiger partial charge in [-0.3, -0.25) is 0 Å². The number of hydrogen-bond acceptors (Lipinski definition) is 0. The third-order valence-electron chi connectivity index (χ3n) is 0. The Labute approximate surface area is 59.6 Å². The molecular weight excluding hydrogens is 106 g/mol. The van der Waals surface area contributed by atoms with Crippen molar-refractivity contribution < 1.29 is 12.5 Å². The maximum Gasteiger partial charge on any atom is 2.00 e. The topological polar surface area (TPSA) is 31.5 Å². The maximum atomic E-state index is 9.42. The van der Waals surface area contributed by atoms with Gasteiger partial charge in [-0.15, -0.1) is 0 Å². The van der Waals surface area contributed by atoms with Crippen LogP contribution in [0.4, 0.5) is 4.20 Å². The Morgan fingerprint density at radius 2 is 1.50 bits per heavy atom. The Kier molecular flexibility index (Phi) is 103. The van der Waals surface area contributed by atoms with Crippen molar-refractivity contribution in [2.75, 3.05) is 0 Å². The summed E-state index contributed by atoms with van der Waals surface area (Å²) in [4.78, 5) is 0. The molecule has 0 radical (unpaired) electrons. The van der Waals surface area contributed by atoms with E-state index in [1.54, 1.807) is 0 Å². The predicted octanol–water partition coefficient (Wildman–Crippen LogP) is -0.234. The number of hydrogen-bond donors (Lipinski definition) is 0. The van der Waals surface area contributed by atoms with Gasteiger partial charge in [0.15, 0.2) is 0 Å². The first-order valence-electron chi connectivity index (χ1n) is 0.218. The number of halogens is 1. The summed E-state index contributed by atoms with van der Waals surface area (Å²) in [6, 6.07) is 0. The normalized spacial score (nSPS) is 1.50. The van der Waals surface area contributed by atoms with Crippen LogP contribution in [0.2, 0.25) is 0 Å². The molecule has 1 nitrogen and oxygen atoms in total.